The molecule has 0 saturated heterocycles. The molecule has 2 N–H and O–H groups in total. The van der Waals surface area contributed by atoms with Crippen molar-refractivity contribution in [3.05, 3.63) is 11.8 Å². The molecule has 0 spiro atoms. The molecule has 1 aliphatic rings. The largest absolute Gasteiger partial charge is 0.477 e. The lowest BCUT2D eigenvalue weighted by molar-refractivity contribution is -0.135. The minimum absolute atomic E-state index is 0.0133. The Morgan fingerprint density at radius 1 is 1.35 bits per heavy atom. The number of hydrogen-bond acceptors (Lipinski definition) is 3. The van der Waals surface area contributed by atoms with Crippen LogP contribution >= 0.6 is 0 Å². The Labute approximate surface area is 121 Å². The molecule has 1 saturated carbocycles. The van der Waals surface area contributed by atoms with Crippen LogP contribution in [0.25, 0.3) is 0 Å². The fourth-order valence-corrected chi connectivity index (χ4v) is 2.15. The van der Waals surface area contributed by atoms with E-state index in [0.29, 0.717) is 6.42 Å². The third-order valence-electron chi connectivity index (χ3n) is 3.73. The van der Waals surface area contributed by atoms with Crippen molar-refractivity contribution in [1.29, 1.82) is 0 Å². The predicted molar refractivity (Wildman–Crippen MR) is 78.2 cm³/mol. The molecular weight excluding hydrogens is 256 g/mol. The summed E-state index contributed by atoms with van der Waals surface area (Å²) in [5.41, 5.74) is 0.0296. The third-order valence-corrected chi connectivity index (χ3v) is 3.73. The Hall–Kier alpha value is -1.36. The van der Waals surface area contributed by atoms with E-state index in [1.54, 1.807) is 6.08 Å². The number of allylic oxidation sites excluding steroid dienone is 1. The topological polar surface area (TPSA) is 69.6 Å². The van der Waals surface area contributed by atoms with Crippen molar-refractivity contribution in [3.8, 4) is 0 Å². The van der Waals surface area contributed by atoms with Crippen LogP contribution < -0.4 is 5.32 Å². The molecule has 0 bridgehead atoms. The summed E-state index contributed by atoms with van der Waals surface area (Å²) in [5.74, 6) is -1.29. The summed E-state index contributed by atoms with van der Waals surface area (Å²) < 4.78 is 0. The number of carboxylic acids is 1. The van der Waals surface area contributed by atoms with Gasteiger partial charge in [-0.05, 0) is 51.7 Å². The smallest absolute Gasteiger partial charge is 0.352 e. The van der Waals surface area contributed by atoms with Crippen LogP contribution in [0.2, 0.25) is 0 Å². The molecule has 5 heteroatoms. The molecule has 0 aromatic carbocycles. The third kappa shape index (κ3) is 5.33. The standard InChI is InChI=1S/C15H26N2O3/c1-15(2)10-11(15)13(18)16-12(14(19)20)8-6-5-7-9-17(3)4/h8,11H,5-7,9-10H2,1-4H3,(H,16,18)(H,19,20)/b12-8-. The van der Waals surface area contributed by atoms with Gasteiger partial charge in [0.2, 0.25) is 5.91 Å². The highest BCUT2D eigenvalue weighted by atomic mass is 16.4. The number of carbonyl (C=O) groups is 2. The van der Waals surface area contributed by atoms with Gasteiger partial charge in [-0.15, -0.1) is 0 Å². The van der Waals surface area contributed by atoms with Gasteiger partial charge in [-0.2, -0.15) is 0 Å². The fraction of sp³-hybridized carbons (Fsp3) is 0.733. The molecule has 0 aromatic heterocycles. The minimum Gasteiger partial charge on any atom is -0.477 e. The van der Waals surface area contributed by atoms with Crippen LogP contribution in [0.1, 0.15) is 39.5 Å². The molecule has 0 radical (unpaired) electrons. The van der Waals surface area contributed by atoms with Gasteiger partial charge in [-0.3, -0.25) is 4.79 Å². The molecule has 0 aliphatic heterocycles. The van der Waals surface area contributed by atoms with Crippen molar-refractivity contribution >= 4 is 11.9 Å². The molecule has 114 valence electrons. The molecule has 5 nitrogen and oxygen atoms in total. The number of nitrogens with zero attached hydrogens (tertiary/aromatic N) is 1. The summed E-state index contributed by atoms with van der Waals surface area (Å²) in [4.78, 5) is 25.1. The Bertz CT molecular complexity index is 400. The average Bonchev–Trinajstić information content (AvgIpc) is 2.95. The first-order valence-electron chi connectivity index (χ1n) is 7.13. The molecule has 1 amide bonds. The monoisotopic (exact) mass is 282 g/mol. The number of carboxylic acid groups (broad SMARTS) is 1. The predicted octanol–water partition coefficient (Wildman–Crippen LogP) is 1.85. The number of carbonyl (C=O) groups excluding carboxylic acids is 1. The van der Waals surface area contributed by atoms with Crippen LogP contribution in [-0.4, -0.2) is 42.5 Å². The van der Waals surface area contributed by atoms with E-state index in [0.717, 1.165) is 25.8 Å². The van der Waals surface area contributed by atoms with Gasteiger partial charge in [-0.1, -0.05) is 19.9 Å². The van der Waals surface area contributed by atoms with Gasteiger partial charge in [0.15, 0.2) is 0 Å². The van der Waals surface area contributed by atoms with Crippen molar-refractivity contribution in [2.75, 3.05) is 20.6 Å². The van der Waals surface area contributed by atoms with Gasteiger partial charge in [0.25, 0.3) is 0 Å². The van der Waals surface area contributed by atoms with Crippen LogP contribution in [0, 0.1) is 11.3 Å². The van der Waals surface area contributed by atoms with E-state index in [1.807, 2.05) is 27.9 Å². The normalized spacial score (nSPS) is 20.9. The highest BCUT2D eigenvalue weighted by Crippen LogP contribution is 2.51. The molecule has 0 aromatic rings. The first-order valence-corrected chi connectivity index (χ1v) is 7.13. The molecule has 0 heterocycles. The average molecular weight is 282 g/mol. The van der Waals surface area contributed by atoms with E-state index < -0.39 is 5.97 Å². The summed E-state index contributed by atoms with van der Waals surface area (Å²) in [6.07, 6.45) is 5.05. The fourth-order valence-electron chi connectivity index (χ4n) is 2.15. The van der Waals surface area contributed by atoms with E-state index in [9.17, 15) is 9.59 Å². The maximum atomic E-state index is 11.9. The molecule has 1 rings (SSSR count). The Balaban J connectivity index is 2.40. The van der Waals surface area contributed by atoms with Crippen LogP contribution in [0.3, 0.4) is 0 Å². The molecule has 1 atom stereocenters. The minimum atomic E-state index is -1.07. The quantitative estimate of drug-likeness (QED) is 0.526. The highest BCUT2D eigenvalue weighted by molar-refractivity contribution is 5.94. The number of unbranched alkanes of at least 4 members (excludes halogenated alkanes) is 2. The first kappa shape index (κ1) is 16.7. The SMILES string of the molecule is CN(C)CCCC/C=C(\NC(=O)C1CC1(C)C)C(=O)O. The summed E-state index contributed by atoms with van der Waals surface area (Å²) >= 11 is 0. The second-order valence-electron chi connectivity index (χ2n) is 6.46. The summed E-state index contributed by atoms with van der Waals surface area (Å²) in [7, 11) is 4.02. The van der Waals surface area contributed by atoms with Crippen molar-refractivity contribution < 1.29 is 14.7 Å². The second-order valence-corrected chi connectivity index (χ2v) is 6.46. The van der Waals surface area contributed by atoms with Crippen molar-refractivity contribution in [2.45, 2.75) is 39.5 Å². The molecule has 1 fully saturated rings. The van der Waals surface area contributed by atoms with Crippen LogP contribution in [0.15, 0.2) is 11.8 Å². The van der Waals surface area contributed by atoms with E-state index in [1.165, 1.54) is 0 Å². The number of rotatable bonds is 8. The van der Waals surface area contributed by atoms with Crippen molar-refractivity contribution in [3.63, 3.8) is 0 Å². The summed E-state index contributed by atoms with van der Waals surface area (Å²) in [6, 6.07) is 0. The molecular formula is C15H26N2O3. The van der Waals surface area contributed by atoms with Gasteiger partial charge < -0.3 is 15.3 Å². The van der Waals surface area contributed by atoms with Crippen LogP contribution in [0.4, 0.5) is 0 Å². The lowest BCUT2D eigenvalue weighted by atomic mass is 10.1. The second kappa shape index (κ2) is 6.88. The van der Waals surface area contributed by atoms with Crippen LogP contribution in [0.5, 0.6) is 0 Å². The first-order chi connectivity index (χ1) is 9.24. The molecule has 1 unspecified atom stereocenters. The van der Waals surface area contributed by atoms with Gasteiger partial charge in [0, 0.05) is 5.92 Å². The zero-order chi connectivity index (χ0) is 15.3. The number of hydrogen-bond donors (Lipinski definition) is 2. The van der Waals surface area contributed by atoms with Crippen molar-refractivity contribution in [1.82, 2.24) is 10.2 Å². The summed E-state index contributed by atoms with van der Waals surface area (Å²) in [5, 5.41) is 11.7. The zero-order valence-corrected chi connectivity index (χ0v) is 12.9. The van der Waals surface area contributed by atoms with Gasteiger partial charge in [-0.25, -0.2) is 4.79 Å². The van der Waals surface area contributed by atoms with Crippen LogP contribution in [-0.2, 0) is 9.59 Å². The molecule has 20 heavy (non-hydrogen) atoms. The number of nitrogens with one attached hydrogen (secondary N) is 1. The van der Waals surface area contributed by atoms with E-state index in [4.69, 9.17) is 5.11 Å². The maximum absolute atomic E-state index is 11.9. The molecule has 1 aliphatic carbocycles. The number of aliphatic carboxylic acids is 1. The van der Waals surface area contributed by atoms with E-state index in [-0.39, 0.29) is 22.9 Å². The lowest BCUT2D eigenvalue weighted by Gasteiger charge is -2.09. The van der Waals surface area contributed by atoms with E-state index in [2.05, 4.69) is 10.2 Å². The van der Waals surface area contributed by atoms with Gasteiger partial charge >= 0.3 is 5.97 Å². The van der Waals surface area contributed by atoms with E-state index >= 15 is 0 Å². The lowest BCUT2D eigenvalue weighted by Crippen LogP contribution is -2.29. The number of amides is 1. The summed E-state index contributed by atoms with van der Waals surface area (Å²) in [6.45, 7) is 5.02. The van der Waals surface area contributed by atoms with Gasteiger partial charge in [0.1, 0.15) is 5.70 Å². The highest BCUT2D eigenvalue weighted by Gasteiger charge is 2.50. The Morgan fingerprint density at radius 2 is 1.95 bits per heavy atom. The Kier molecular flexibility index (Phi) is 5.74. The maximum Gasteiger partial charge on any atom is 0.352 e. The van der Waals surface area contributed by atoms with Gasteiger partial charge in [0.05, 0.1) is 0 Å². The Morgan fingerprint density at radius 3 is 2.40 bits per heavy atom. The van der Waals surface area contributed by atoms with Crippen molar-refractivity contribution in [2.24, 2.45) is 11.3 Å². The zero-order valence-electron chi connectivity index (χ0n) is 12.9.